The van der Waals surface area contributed by atoms with E-state index < -0.39 is 0 Å². The van der Waals surface area contributed by atoms with Gasteiger partial charge in [0.2, 0.25) is 0 Å². The number of thiophene rings is 1. The number of hydrogen-bond acceptors (Lipinski definition) is 3. The third-order valence-corrected chi connectivity index (χ3v) is 5.62. The van der Waals surface area contributed by atoms with Crippen molar-refractivity contribution in [2.45, 2.75) is 32.7 Å². The molecule has 0 bridgehead atoms. The lowest BCUT2D eigenvalue weighted by Crippen LogP contribution is -2.39. The molecule has 0 radical (unpaired) electrons. The quantitative estimate of drug-likeness (QED) is 0.508. The lowest BCUT2D eigenvalue weighted by atomic mass is 10.1. The third kappa shape index (κ3) is 6.16. The number of benzene rings is 2. The van der Waals surface area contributed by atoms with Crippen LogP contribution in [0.2, 0.25) is 0 Å². The molecule has 154 valence electrons. The van der Waals surface area contributed by atoms with Crippen molar-refractivity contribution in [2.24, 2.45) is 0 Å². The maximum atomic E-state index is 13.0. The first-order chi connectivity index (χ1) is 14.5. The third-order valence-electron chi connectivity index (χ3n) is 4.80. The van der Waals surface area contributed by atoms with Crippen molar-refractivity contribution in [3.8, 4) is 0 Å². The predicted molar refractivity (Wildman–Crippen MR) is 123 cm³/mol. The van der Waals surface area contributed by atoms with Crippen molar-refractivity contribution in [3.63, 3.8) is 0 Å². The summed E-state index contributed by atoms with van der Waals surface area (Å²) >= 11 is 1.51. The van der Waals surface area contributed by atoms with Gasteiger partial charge in [-0.1, -0.05) is 54.6 Å². The van der Waals surface area contributed by atoms with Gasteiger partial charge in [-0.05, 0) is 61.4 Å². The maximum absolute atomic E-state index is 13.0. The van der Waals surface area contributed by atoms with Crippen molar-refractivity contribution in [3.05, 3.63) is 99.4 Å². The van der Waals surface area contributed by atoms with Crippen LogP contribution in [-0.4, -0.2) is 17.9 Å². The van der Waals surface area contributed by atoms with E-state index in [2.05, 4.69) is 22.8 Å². The molecule has 2 amide bonds. The molecule has 2 N–H and O–H groups in total. The summed E-state index contributed by atoms with van der Waals surface area (Å²) < 4.78 is 0. The summed E-state index contributed by atoms with van der Waals surface area (Å²) in [6, 6.07) is 21.3. The highest BCUT2D eigenvalue weighted by molar-refractivity contribution is 7.10. The Morgan fingerprint density at radius 1 is 1.00 bits per heavy atom. The van der Waals surface area contributed by atoms with E-state index in [1.54, 1.807) is 12.1 Å². The van der Waals surface area contributed by atoms with E-state index in [1.807, 2.05) is 67.8 Å². The first-order valence-corrected chi connectivity index (χ1v) is 10.9. The average Bonchev–Trinajstić information content (AvgIpc) is 3.26. The van der Waals surface area contributed by atoms with Crippen molar-refractivity contribution in [2.75, 3.05) is 0 Å². The molecule has 0 saturated heterocycles. The molecule has 4 nitrogen and oxygen atoms in total. The molecule has 0 saturated carbocycles. The van der Waals surface area contributed by atoms with Gasteiger partial charge in [0.1, 0.15) is 5.70 Å². The van der Waals surface area contributed by atoms with Crippen LogP contribution in [0.5, 0.6) is 0 Å². The summed E-state index contributed by atoms with van der Waals surface area (Å²) in [6.07, 6.45) is 3.41. The smallest absolute Gasteiger partial charge is 0.268 e. The van der Waals surface area contributed by atoms with Crippen LogP contribution in [0, 0.1) is 6.92 Å². The van der Waals surface area contributed by atoms with Gasteiger partial charge in [-0.15, -0.1) is 11.3 Å². The highest BCUT2D eigenvalue weighted by Crippen LogP contribution is 2.14. The molecule has 0 spiro atoms. The minimum atomic E-state index is -0.289. The molecule has 0 aliphatic carbocycles. The van der Waals surface area contributed by atoms with Gasteiger partial charge in [0, 0.05) is 16.5 Å². The average molecular weight is 419 g/mol. The Kier molecular flexibility index (Phi) is 7.57. The molecule has 1 atom stereocenters. The Morgan fingerprint density at radius 2 is 1.73 bits per heavy atom. The van der Waals surface area contributed by atoms with Crippen LogP contribution >= 0.6 is 11.3 Å². The molecule has 0 aliphatic heterocycles. The van der Waals surface area contributed by atoms with Crippen LogP contribution in [0.25, 0.3) is 6.08 Å². The highest BCUT2D eigenvalue weighted by Gasteiger charge is 2.17. The van der Waals surface area contributed by atoms with Crippen LogP contribution in [0.3, 0.4) is 0 Å². The maximum Gasteiger partial charge on any atom is 0.268 e. The summed E-state index contributed by atoms with van der Waals surface area (Å²) in [5.74, 6) is -0.575. The fraction of sp³-hybridized carbons (Fsp3) is 0.200. The molecule has 0 fully saturated rings. The van der Waals surface area contributed by atoms with E-state index in [9.17, 15) is 9.59 Å². The van der Waals surface area contributed by atoms with Crippen molar-refractivity contribution < 1.29 is 9.59 Å². The van der Waals surface area contributed by atoms with Gasteiger partial charge in [-0.25, -0.2) is 0 Å². The molecule has 0 aliphatic rings. The molecule has 30 heavy (non-hydrogen) atoms. The summed E-state index contributed by atoms with van der Waals surface area (Å²) in [4.78, 5) is 26.6. The number of amides is 2. The number of carbonyl (C=O) groups excluding carboxylic acids is 2. The number of aryl methyl sites for hydroxylation is 2. The Bertz CT molecular complexity index is 1010. The molecule has 1 heterocycles. The second-order valence-corrected chi connectivity index (χ2v) is 8.22. The van der Waals surface area contributed by atoms with Crippen LogP contribution < -0.4 is 10.6 Å². The van der Waals surface area contributed by atoms with Crippen LogP contribution in [0.1, 0.15) is 39.7 Å². The number of nitrogens with one attached hydrogen (secondary N) is 2. The normalized spacial score (nSPS) is 12.3. The Hall–Kier alpha value is -3.18. The highest BCUT2D eigenvalue weighted by atomic mass is 32.1. The van der Waals surface area contributed by atoms with E-state index in [0.29, 0.717) is 5.56 Å². The van der Waals surface area contributed by atoms with E-state index >= 15 is 0 Å². The fourth-order valence-electron chi connectivity index (χ4n) is 3.09. The predicted octanol–water partition coefficient (Wildman–Crippen LogP) is 4.96. The van der Waals surface area contributed by atoms with Gasteiger partial charge >= 0.3 is 0 Å². The fourth-order valence-corrected chi connectivity index (χ4v) is 3.75. The minimum absolute atomic E-state index is 0.0280. The topological polar surface area (TPSA) is 58.2 Å². The lowest BCUT2D eigenvalue weighted by Gasteiger charge is -2.16. The van der Waals surface area contributed by atoms with Gasteiger partial charge in [-0.3, -0.25) is 9.59 Å². The zero-order valence-electron chi connectivity index (χ0n) is 17.2. The van der Waals surface area contributed by atoms with Gasteiger partial charge < -0.3 is 10.6 Å². The standard InChI is InChI=1S/C25H26N2O2S/c1-18-9-6-7-13-22(18)24(28)27-23(17-21-12-8-16-30-21)25(29)26-19(2)14-15-20-10-4-3-5-11-20/h3-13,16-17,19H,14-15H2,1-2H3,(H,26,29)(H,27,28)/b23-17-. The van der Waals surface area contributed by atoms with E-state index in [1.165, 1.54) is 16.9 Å². The zero-order valence-corrected chi connectivity index (χ0v) is 18.0. The molecule has 3 aromatic rings. The monoisotopic (exact) mass is 418 g/mol. The van der Waals surface area contributed by atoms with Crippen molar-refractivity contribution >= 4 is 29.2 Å². The van der Waals surface area contributed by atoms with Gasteiger partial charge in [-0.2, -0.15) is 0 Å². The Labute approximate surface area is 181 Å². The molecular formula is C25H26N2O2S. The zero-order chi connectivity index (χ0) is 21.3. The largest absolute Gasteiger partial charge is 0.348 e. The van der Waals surface area contributed by atoms with Gasteiger partial charge in [0.15, 0.2) is 0 Å². The summed E-state index contributed by atoms with van der Waals surface area (Å²) in [5, 5.41) is 7.76. The van der Waals surface area contributed by atoms with Crippen LogP contribution in [-0.2, 0) is 11.2 Å². The molecule has 1 aromatic heterocycles. The number of rotatable bonds is 8. The SMILES string of the molecule is Cc1ccccc1C(=O)N/C(=C\c1cccs1)C(=O)NC(C)CCc1ccccc1. The summed E-state index contributed by atoms with van der Waals surface area (Å²) in [7, 11) is 0. The Balaban J connectivity index is 1.69. The summed E-state index contributed by atoms with van der Waals surface area (Å²) in [6.45, 7) is 3.86. The van der Waals surface area contributed by atoms with Crippen LogP contribution in [0.4, 0.5) is 0 Å². The second kappa shape index (κ2) is 10.6. The molecule has 2 aromatic carbocycles. The lowest BCUT2D eigenvalue weighted by molar-refractivity contribution is -0.118. The number of carbonyl (C=O) groups is 2. The van der Waals surface area contributed by atoms with Gasteiger partial charge in [0.25, 0.3) is 11.8 Å². The molecule has 5 heteroatoms. The Morgan fingerprint density at radius 3 is 2.43 bits per heavy atom. The van der Waals surface area contributed by atoms with Crippen LogP contribution in [0.15, 0.2) is 77.8 Å². The van der Waals surface area contributed by atoms with Crippen molar-refractivity contribution in [1.29, 1.82) is 0 Å². The van der Waals surface area contributed by atoms with Crippen molar-refractivity contribution in [1.82, 2.24) is 10.6 Å². The molecular weight excluding hydrogens is 392 g/mol. The first-order valence-electron chi connectivity index (χ1n) is 10.00. The molecule has 3 rings (SSSR count). The minimum Gasteiger partial charge on any atom is -0.348 e. The van der Waals surface area contributed by atoms with E-state index in [-0.39, 0.29) is 23.6 Å². The van der Waals surface area contributed by atoms with E-state index in [0.717, 1.165) is 23.3 Å². The first kappa shape index (κ1) is 21.5. The number of hydrogen-bond donors (Lipinski definition) is 2. The summed E-state index contributed by atoms with van der Waals surface area (Å²) in [5.41, 5.74) is 2.90. The molecule has 1 unspecified atom stereocenters. The van der Waals surface area contributed by atoms with Gasteiger partial charge in [0.05, 0.1) is 0 Å². The van der Waals surface area contributed by atoms with E-state index in [4.69, 9.17) is 0 Å². The second-order valence-electron chi connectivity index (χ2n) is 7.24.